The lowest BCUT2D eigenvalue weighted by atomic mass is 9.65. The maximum atomic E-state index is 12.7. The molecular formula is C82H104O24S4. The summed E-state index contributed by atoms with van der Waals surface area (Å²) in [4.78, 5) is 122. The Morgan fingerprint density at radius 3 is 0.845 bits per heavy atom. The Hall–Kier alpha value is -5.36. The summed E-state index contributed by atoms with van der Waals surface area (Å²) in [6.45, 7) is 27.2. The van der Waals surface area contributed by atoms with Crippen LogP contribution in [0.2, 0.25) is 0 Å². The van der Waals surface area contributed by atoms with Crippen molar-refractivity contribution in [2.75, 3.05) is 0 Å². The lowest BCUT2D eigenvalue weighted by Crippen LogP contribution is -2.50. The lowest BCUT2D eigenvalue weighted by molar-refractivity contribution is -0.171. The molecule has 110 heavy (non-hydrogen) atoms. The molecule has 24 nitrogen and oxygen atoms in total. The minimum absolute atomic E-state index is 0.0324. The van der Waals surface area contributed by atoms with Crippen molar-refractivity contribution in [2.45, 2.75) is 236 Å². The van der Waals surface area contributed by atoms with E-state index in [0.717, 1.165) is 12.8 Å². The molecule has 20 aliphatic rings. The standard InChI is InChI=1S/C17H22O5.C17H22O4S.C16H20O6.C16H20O5S.C16H20O4S2/c1-17(2,3)22-16(20)14-8-6-7(13(14)15(18)19)11-9-4-5-10(21-9)12(8)11;1-17(2,3)21-16(20)14-8-6-7(13(14)15(18)19)11-9-4-5-10(22-9)12(8)11;1-16(2,3)22-15(19)11-10(14(17)18)12-8-6-4-5-7(20-6)9(8)13(11)21-12;1-16(2,3)21-15(19)11-10(14(17)18)12-8-6-4-5-7(22-6)9(8)13(11)20-12;1-16(2,3)20-15(19)11-10(14(17)18)12-8-6-4-5-7(21-6)9(8)13(11)22-12/h2*4-5,7-14H,6H2,1-3H3,(H,18,19);3*4-13H,1-3H3,(H,17,18). The second kappa shape index (κ2) is 27.4. The minimum Gasteiger partial charge on any atom is -0.481 e. The van der Waals surface area contributed by atoms with Gasteiger partial charge in [0.05, 0.1) is 108 Å². The first-order chi connectivity index (χ1) is 51.4. The minimum atomic E-state index is -0.992. The summed E-state index contributed by atoms with van der Waals surface area (Å²) in [6.07, 6.45) is 21.6. The Morgan fingerprint density at radius 2 is 0.509 bits per heavy atom. The van der Waals surface area contributed by atoms with E-state index in [1.807, 2.05) is 110 Å². The van der Waals surface area contributed by atoms with Gasteiger partial charge in [-0.1, -0.05) is 60.8 Å². The molecule has 0 spiro atoms. The van der Waals surface area contributed by atoms with Gasteiger partial charge in [0, 0.05) is 65.7 Å². The molecule has 0 aromatic carbocycles. The number of thioether (sulfide) groups is 4. The van der Waals surface area contributed by atoms with E-state index >= 15 is 0 Å². The summed E-state index contributed by atoms with van der Waals surface area (Å²) in [5, 5.41) is 51.0. The number of hydrogen-bond acceptors (Lipinski definition) is 23. The van der Waals surface area contributed by atoms with Crippen LogP contribution in [-0.4, -0.2) is 204 Å². The number of ether oxygens (including phenoxy) is 9. The van der Waals surface area contributed by atoms with Crippen LogP contribution in [0.3, 0.4) is 0 Å². The Bertz CT molecular complexity index is 3400. The Morgan fingerprint density at radius 1 is 0.264 bits per heavy atom. The highest BCUT2D eigenvalue weighted by Crippen LogP contribution is 2.72. The van der Waals surface area contributed by atoms with Gasteiger partial charge in [-0.3, -0.25) is 47.9 Å². The van der Waals surface area contributed by atoms with Crippen molar-refractivity contribution in [1.82, 2.24) is 0 Å². The number of carbonyl (C=O) groups excluding carboxylic acids is 5. The molecule has 20 rings (SSSR count). The van der Waals surface area contributed by atoms with Crippen LogP contribution < -0.4 is 0 Å². The van der Waals surface area contributed by atoms with Gasteiger partial charge in [-0.15, -0.1) is 35.3 Å². The van der Waals surface area contributed by atoms with Gasteiger partial charge in [0.25, 0.3) is 0 Å². The van der Waals surface area contributed by atoms with Crippen molar-refractivity contribution in [2.24, 2.45) is 142 Å². The molecule has 15 fully saturated rings. The van der Waals surface area contributed by atoms with E-state index in [-0.39, 0.29) is 124 Å². The number of fused-ring (bicyclic) bond motifs is 45. The molecule has 40 atom stereocenters. The molecule has 600 valence electrons. The number of aliphatic carboxylic acids is 5. The number of carboxylic acids is 5. The average molecular weight is 1600 g/mol. The first-order valence-electron chi connectivity index (χ1n) is 39.3. The van der Waals surface area contributed by atoms with Gasteiger partial charge in [0.1, 0.15) is 28.0 Å². The van der Waals surface area contributed by atoms with E-state index in [1.165, 1.54) is 0 Å². The fraction of sp³-hybridized carbons (Fsp3) is 0.756. The van der Waals surface area contributed by atoms with Crippen LogP contribution in [0.15, 0.2) is 60.8 Å². The largest absolute Gasteiger partial charge is 0.481 e. The van der Waals surface area contributed by atoms with E-state index < -0.39 is 141 Å². The maximum Gasteiger partial charge on any atom is 0.313 e. The van der Waals surface area contributed by atoms with Crippen molar-refractivity contribution in [1.29, 1.82) is 0 Å². The molecular weight excluding hydrogens is 1500 g/mol. The highest BCUT2D eigenvalue weighted by Gasteiger charge is 2.75. The van der Waals surface area contributed by atoms with Crippen LogP contribution >= 0.6 is 47.0 Å². The third kappa shape index (κ3) is 13.1. The molecule has 5 N–H and O–H groups in total. The van der Waals surface area contributed by atoms with Gasteiger partial charge < -0.3 is 68.2 Å². The van der Waals surface area contributed by atoms with Crippen LogP contribution in [0.1, 0.15) is 117 Å². The van der Waals surface area contributed by atoms with E-state index in [1.54, 1.807) is 53.3 Å². The van der Waals surface area contributed by atoms with E-state index in [0.29, 0.717) is 55.2 Å². The average Bonchev–Trinajstić information content (AvgIpc) is 1.57. The number of carboxylic acid groups (broad SMARTS) is 5. The molecule has 16 heterocycles. The second-order valence-corrected chi connectivity index (χ2v) is 44.4. The van der Waals surface area contributed by atoms with Crippen LogP contribution in [0.5, 0.6) is 0 Å². The molecule has 16 aliphatic heterocycles. The zero-order chi connectivity index (χ0) is 79.0. The smallest absolute Gasteiger partial charge is 0.313 e. The van der Waals surface area contributed by atoms with Crippen LogP contribution in [-0.2, 0) is 90.6 Å². The summed E-state index contributed by atoms with van der Waals surface area (Å²) < 4.78 is 51.2. The predicted molar refractivity (Wildman–Crippen MR) is 401 cm³/mol. The quantitative estimate of drug-likeness (QED) is 0.0771. The molecule has 28 heteroatoms. The summed E-state index contributed by atoms with van der Waals surface area (Å²) in [7, 11) is 0. The molecule has 0 aromatic rings. The zero-order valence-electron chi connectivity index (χ0n) is 64.4. The molecule has 4 aliphatic carbocycles. The highest BCUT2D eigenvalue weighted by molar-refractivity contribution is 8.03. The van der Waals surface area contributed by atoms with E-state index in [2.05, 4.69) is 48.6 Å². The number of esters is 5. The van der Waals surface area contributed by atoms with Crippen molar-refractivity contribution >= 4 is 107 Å². The van der Waals surface area contributed by atoms with Crippen molar-refractivity contribution < 1.29 is 116 Å². The topological polar surface area (TPSA) is 355 Å². The van der Waals surface area contributed by atoms with Gasteiger partial charge in [0.15, 0.2) is 0 Å². The van der Waals surface area contributed by atoms with Crippen molar-refractivity contribution in [3.05, 3.63) is 60.8 Å². The normalized spacial score (nSPS) is 47.8. The molecule has 0 aromatic heterocycles. The van der Waals surface area contributed by atoms with Crippen LogP contribution in [0.25, 0.3) is 0 Å². The number of hydrogen-bond donors (Lipinski definition) is 5. The third-order valence-electron chi connectivity index (χ3n) is 27.0. The lowest BCUT2D eigenvalue weighted by Gasteiger charge is -2.39. The Balaban J connectivity index is 0.000000104. The molecule has 0 amide bonds. The summed E-state index contributed by atoms with van der Waals surface area (Å²) >= 11 is 7.51. The van der Waals surface area contributed by atoms with E-state index in [4.69, 9.17) is 42.6 Å². The van der Waals surface area contributed by atoms with Crippen molar-refractivity contribution in [3.63, 3.8) is 0 Å². The molecule has 40 unspecified atom stereocenters. The first-order valence-corrected chi connectivity index (χ1v) is 43.1. The number of carbonyl (C=O) groups is 10. The van der Waals surface area contributed by atoms with Gasteiger partial charge in [-0.25, -0.2) is 0 Å². The maximum absolute atomic E-state index is 12.7. The second-order valence-electron chi connectivity index (χ2n) is 39.0. The predicted octanol–water partition coefficient (Wildman–Crippen LogP) is 9.58. The summed E-state index contributed by atoms with van der Waals surface area (Å²) in [5.41, 5.74) is -3.00. The fourth-order valence-corrected chi connectivity index (χ4v) is 32.3. The van der Waals surface area contributed by atoms with Crippen LogP contribution in [0, 0.1) is 142 Å². The fourth-order valence-electron chi connectivity index (χ4n) is 24.4. The highest BCUT2D eigenvalue weighted by atomic mass is 32.2. The summed E-state index contributed by atoms with van der Waals surface area (Å²) in [6, 6.07) is 0. The molecule has 4 saturated carbocycles. The van der Waals surface area contributed by atoms with E-state index in [9.17, 15) is 73.5 Å². The van der Waals surface area contributed by atoms with Gasteiger partial charge in [-0.2, -0.15) is 11.8 Å². The SMILES string of the molecule is CC(C)(C)OC(=O)C1C2CC(C1C(=O)O)C1C3C=CC(O3)C21.CC(C)(C)OC(=O)C1C2CC(C1C(=O)O)C1C3C=CC(S3)C21.CC(C)(C)OC(=O)C1C2OC(C1C(=O)O)C1C3C=CC(O3)C21.CC(C)(C)OC(=O)C1C2OC(C1C(=O)O)C1C3C=CC(S3)C21.CC(C)(C)OC(=O)C1C2SC(C1C(=O)O)C1C3C=CC(S3)C21. The van der Waals surface area contributed by atoms with Gasteiger partial charge >= 0.3 is 59.7 Å². The van der Waals surface area contributed by atoms with Gasteiger partial charge in [0.2, 0.25) is 0 Å². The third-order valence-corrected chi connectivity index (χ3v) is 33.6. The van der Waals surface area contributed by atoms with Crippen LogP contribution in [0.4, 0.5) is 0 Å². The van der Waals surface area contributed by atoms with Crippen molar-refractivity contribution in [3.8, 4) is 0 Å². The Labute approximate surface area is 657 Å². The monoisotopic (exact) mass is 1600 g/mol. The first kappa shape index (κ1) is 78.5. The summed E-state index contributed by atoms with van der Waals surface area (Å²) in [5.74, 6) is -9.37. The molecule has 11 saturated heterocycles. The number of rotatable bonds is 10. The molecule has 20 bridgehead atoms. The molecule has 0 radical (unpaired) electrons. The van der Waals surface area contributed by atoms with Gasteiger partial charge in [-0.05, 0) is 176 Å². The zero-order valence-corrected chi connectivity index (χ0v) is 67.7. The Kier molecular flexibility index (Phi) is 19.6.